The normalized spacial score (nSPS) is 14.6. The number of rotatable bonds is 7. The van der Waals surface area contributed by atoms with E-state index in [9.17, 15) is 18.0 Å². The average Bonchev–Trinajstić information content (AvgIpc) is 2.64. The summed E-state index contributed by atoms with van der Waals surface area (Å²) >= 11 is 5.71. The maximum Gasteiger partial charge on any atom is 0.259 e. The third-order valence-corrected chi connectivity index (χ3v) is 5.43. The molecule has 1 aromatic rings. The van der Waals surface area contributed by atoms with Gasteiger partial charge in [0.2, 0.25) is 15.9 Å². The predicted molar refractivity (Wildman–Crippen MR) is 98.3 cm³/mol. The van der Waals surface area contributed by atoms with Crippen molar-refractivity contribution in [1.82, 2.24) is 15.5 Å². The Morgan fingerprint density at radius 1 is 1.00 bits per heavy atom. The van der Waals surface area contributed by atoms with Crippen LogP contribution in [-0.2, 0) is 19.6 Å². The van der Waals surface area contributed by atoms with Crippen molar-refractivity contribution in [3.63, 3.8) is 0 Å². The Morgan fingerprint density at radius 3 is 2.31 bits per heavy atom. The first-order valence-corrected chi connectivity index (χ1v) is 10.1. The summed E-state index contributed by atoms with van der Waals surface area (Å²) < 4.78 is 26.2. The first kappa shape index (κ1) is 20.3. The second-order valence-corrected chi connectivity index (χ2v) is 8.03. The lowest BCUT2D eigenvalue weighted by atomic mass is 9.99. The molecule has 1 aromatic carbocycles. The molecular weight excluding hydrogens is 380 g/mol. The standard InChI is InChI=1S/C16H21ClN4O4S/c17-12-6-8-14(9-7-12)26(24,25)19-11-15(22)18-10-16(23)21-20-13-4-2-1-3-5-13/h6-9,19H,1-5,10-11H2,(H,18,22)(H,21,23). The van der Waals surface area contributed by atoms with Crippen molar-refractivity contribution in [3.05, 3.63) is 29.3 Å². The van der Waals surface area contributed by atoms with Gasteiger partial charge in [-0.05, 0) is 49.9 Å². The molecule has 10 heteroatoms. The molecular formula is C16H21ClN4O4S. The van der Waals surface area contributed by atoms with Crippen molar-refractivity contribution in [3.8, 4) is 0 Å². The van der Waals surface area contributed by atoms with Gasteiger partial charge in [0.15, 0.2) is 0 Å². The zero-order valence-electron chi connectivity index (χ0n) is 14.1. The van der Waals surface area contributed by atoms with Gasteiger partial charge in [-0.1, -0.05) is 18.0 Å². The molecule has 1 aliphatic carbocycles. The molecule has 8 nitrogen and oxygen atoms in total. The van der Waals surface area contributed by atoms with E-state index in [4.69, 9.17) is 11.6 Å². The molecule has 0 saturated heterocycles. The quantitative estimate of drug-likeness (QED) is 0.595. The highest BCUT2D eigenvalue weighted by molar-refractivity contribution is 7.89. The van der Waals surface area contributed by atoms with Crippen LogP contribution in [-0.4, -0.2) is 39.0 Å². The number of carbonyl (C=O) groups excluding carboxylic acids is 2. The highest BCUT2D eigenvalue weighted by atomic mass is 35.5. The van der Waals surface area contributed by atoms with Crippen molar-refractivity contribution in [2.45, 2.75) is 37.0 Å². The lowest BCUT2D eigenvalue weighted by Crippen LogP contribution is -2.41. The average molecular weight is 401 g/mol. The van der Waals surface area contributed by atoms with Gasteiger partial charge in [-0.25, -0.2) is 18.6 Å². The number of sulfonamides is 1. The van der Waals surface area contributed by atoms with Gasteiger partial charge in [0.1, 0.15) is 0 Å². The summed E-state index contributed by atoms with van der Waals surface area (Å²) in [6.45, 7) is -0.759. The van der Waals surface area contributed by atoms with E-state index in [0.29, 0.717) is 5.02 Å². The third kappa shape index (κ3) is 6.74. The fourth-order valence-corrected chi connectivity index (χ4v) is 3.46. The number of nitrogens with zero attached hydrogens (tertiary/aromatic N) is 1. The summed E-state index contributed by atoms with van der Waals surface area (Å²) in [6, 6.07) is 5.55. The van der Waals surface area contributed by atoms with Crippen LogP contribution in [0.25, 0.3) is 0 Å². The van der Waals surface area contributed by atoms with Gasteiger partial charge in [0, 0.05) is 10.7 Å². The first-order chi connectivity index (χ1) is 12.4. The summed E-state index contributed by atoms with van der Waals surface area (Å²) in [6.07, 6.45) is 5.06. The van der Waals surface area contributed by atoms with E-state index in [-0.39, 0.29) is 11.4 Å². The molecule has 26 heavy (non-hydrogen) atoms. The van der Waals surface area contributed by atoms with Crippen LogP contribution in [0.5, 0.6) is 0 Å². The van der Waals surface area contributed by atoms with Crippen molar-refractivity contribution < 1.29 is 18.0 Å². The Balaban J connectivity index is 1.72. The molecule has 1 saturated carbocycles. The van der Waals surface area contributed by atoms with Gasteiger partial charge in [-0.3, -0.25) is 9.59 Å². The minimum Gasteiger partial charge on any atom is -0.346 e. The smallest absolute Gasteiger partial charge is 0.259 e. The third-order valence-electron chi connectivity index (χ3n) is 3.76. The number of nitrogens with one attached hydrogen (secondary N) is 3. The second kappa shape index (κ2) is 9.65. The SMILES string of the molecule is O=C(CNS(=O)(=O)c1ccc(Cl)cc1)NCC(=O)NN=C1CCCCC1. The molecule has 2 rings (SSSR count). The summed E-state index contributed by atoms with van der Waals surface area (Å²) in [5.41, 5.74) is 3.34. The Hall–Kier alpha value is -1.97. The molecule has 0 aromatic heterocycles. The monoisotopic (exact) mass is 400 g/mol. The van der Waals surface area contributed by atoms with E-state index >= 15 is 0 Å². The Bertz CT molecular complexity index is 770. The Morgan fingerprint density at radius 2 is 1.65 bits per heavy atom. The highest BCUT2D eigenvalue weighted by Gasteiger charge is 2.15. The van der Waals surface area contributed by atoms with Gasteiger partial charge in [0.25, 0.3) is 5.91 Å². The lowest BCUT2D eigenvalue weighted by Gasteiger charge is -2.12. The molecule has 0 radical (unpaired) electrons. The summed E-state index contributed by atoms with van der Waals surface area (Å²) in [5, 5.41) is 6.78. The molecule has 1 fully saturated rings. The molecule has 0 unspecified atom stereocenters. The van der Waals surface area contributed by atoms with Crippen molar-refractivity contribution >= 4 is 39.2 Å². The Kier molecular flexibility index (Phi) is 7.55. The number of halogens is 1. The van der Waals surface area contributed by atoms with Crippen molar-refractivity contribution in [2.24, 2.45) is 5.10 Å². The van der Waals surface area contributed by atoms with Crippen molar-refractivity contribution in [1.29, 1.82) is 0 Å². The van der Waals surface area contributed by atoms with Crippen LogP contribution in [0, 0.1) is 0 Å². The van der Waals surface area contributed by atoms with E-state index in [1.807, 2.05) is 0 Å². The number of hydrogen-bond donors (Lipinski definition) is 3. The van der Waals surface area contributed by atoms with Crippen LogP contribution in [0.3, 0.4) is 0 Å². The number of amides is 2. The lowest BCUT2D eigenvalue weighted by molar-refractivity contribution is -0.125. The molecule has 0 spiro atoms. The van der Waals surface area contributed by atoms with E-state index in [1.54, 1.807) is 0 Å². The van der Waals surface area contributed by atoms with Crippen LogP contribution in [0.15, 0.2) is 34.3 Å². The molecule has 2 amide bonds. The maximum absolute atomic E-state index is 12.0. The molecule has 3 N–H and O–H groups in total. The molecule has 0 aliphatic heterocycles. The summed E-state index contributed by atoms with van der Waals surface area (Å²) in [4.78, 5) is 23.4. The largest absolute Gasteiger partial charge is 0.346 e. The molecule has 142 valence electrons. The maximum atomic E-state index is 12.0. The van der Waals surface area contributed by atoms with Crippen molar-refractivity contribution in [2.75, 3.05) is 13.1 Å². The predicted octanol–water partition coefficient (Wildman–Crippen LogP) is 1.17. The van der Waals surface area contributed by atoms with E-state index in [2.05, 4.69) is 20.6 Å². The molecule has 0 bridgehead atoms. The minimum atomic E-state index is -3.83. The number of hydrogen-bond acceptors (Lipinski definition) is 5. The van der Waals surface area contributed by atoms with Gasteiger partial charge in [-0.15, -0.1) is 0 Å². The summed E-state index contributed by atoms with van der Waals surface area (Å²) in [7, 11) is -3.83. The first-order valence-electron chi connectivity index (χ1n) is 8.23. The zero-order chi connectivity index (χ0) is 19.0. The van der Waals surface area contributed by atoms with E-state index in [0.717, 1.165) is 31.4 Å². The van der Waals surface area contributed by atoms with Gasteiger partial charge < -0.3 is 5.32 Å². The number of carbonyl (C=O) groups is 2. The number of benzene rings is 1. The topological polar surface area (TPSA) is 117 Å². The second-order valence-electron chi connectivity index (χ2n) is 5.83. The van der Waals surface area contributed by atoms with Crippen LogP contribution < -0.4 is 15.5 Å². The van der Waals surface area contributed by atoms with Crippen LogP contribution in [0.1, 0.15) is 32.1 Å². The van der Waals surface area contributed by atoms with Crippen LogP contribution in [0.4, 0.5) is 0 Å². The van der Waals surface area contributed by atoms with E-state index in [1.165, 1.54) is 30.7 Å². The Labute approximate surface area is 157 Å². The zero-order valence-corrected chi connectivity index (χ0v) is 15.7. The van der Waals surface area contributed by atoms with Gasteiger partial charge in [-0.2, -0.15) is 5.10 Å². The molecule has 0 atom stereocenters. The van der Waals surface area contributed by atoms with Crippen LogP contribution >= 0.6 is 11.6 Å². The number of hydrazone groups is 1. The minimum absolute atomic E-state index is 0.00394. The van der Waals surface area contributed by atoms with Crippen LogP contribution in [0.2, 0.25) is 5.02 Å². The van der Waals surface area contributed by atoms with E-state index < -0.39 is 28.4 Å². The fourth-order valence-electron chi connectivity index (χ4n) is 2.35. The molecule has 0 heterocycles. The van der Waals surface area contributed by atoms with Gasteiger partial charge in [0.05, 0.1) is 18.0 Å². The fraction of sp³-hybridized carbons (Fsp3) is 0.438. The van der Waals surface area contributed by atoms with Gasteiger partial charge >= 0.3 is 0 Å². The molecule has 1 aliphatic rings. The summed E-state index contributed by atoms with van der Waals surface area (Å²) in [5.74, 6) is -1.08. The highest BCUT2D eigenvalue weighted by Crippen LogP contribution is 2.14.